The van der Waals surface area contributed by atoms with Crippen molar-refractivity contribution in [2.75, 3.05) is 65.6 Å². The fourth-order valence-electron chi connectivity index (χ4n) is 5.72. The van der Waals surface area contributed by atoms with Crippen LogP contribution in [0.3, 0.4) is 0 Å². The van der Waals surface area contributed by atoms with E-state index in [4.69, 9.17) is 4.74 Å². The summed E-state index contributed by atoms with van der Waals surface area (Å²) in [4.78, 5) is 20.1. The lowest BCUT2D eigenvalue weighted by molar-refractivity contribution is -0.145. The SMILES string of the molecule is O=C(C1CCCC1)N1CCC[C@@]2(CN(CCN3CCOCC3)CC[C@H]2O)C1. The zero-order valence-electron chi connectivity index (χ0n) is 16.8. The maximum absolute atomic E-state index is 13.0. The van der Waals surface area contributed by atoms with Gasteiger partial charge in [0.25, 0.3) is 0 Å². The van der Waals surface area contributed by atoms with Crippen molar-refractivity contribution >= 4 is 5.91 Å². The van der Waals surface area contributed by atoms with E-state index in [1.54, 1.807) is 0 Å². The van der Waals surface area contributed by atoms with Gasteiger partial charge in [-0.2, -0.15) is 0 Å². The third kappa shape index (κ3) is 4.50. The molecule has 4 rings (SSSR count). The quantitative estimate of drug-likeness (QED) is 0.795. The summed E-state index contributed by atoms with van der Waals surface area (Å²) in [6.45, 7) is 9.47. The summed E-state index contributed by atoms with van der Waals surface area (Å²) in [7, 11) is 0. The highest BCUT2D eigenvalue weighted by atomic mass is 16.5. The molecule has 0 unspecified atom stereocenters. The molecular formula is C21H37N3O3. The van der Waals surface area contributed by atoms with Crippen molar-refractivity contribution in [3.05, 3.63) is 0 Å². The summed E-state index contributed by atoms with van der Waals surface area (Å²) in [5.41, 5.74) is -0.115. The molecule has 1 aliphatic carbocycles. The zero-order chi connectivity index (χ0) is 18.7. The number of morpholine rings is 1. The summed E-state index contributed by atoms with van der Waals surface area (Å²) in [5.74, 6) is 0.613. The summed E-state index contributed by atoms with van der Waals surface area (Å²) >= 11 is 0. The molecule has 0 radical (unpaired) electrons. The molecule has 4 fully saturated rings. The van der Waals surface area contributed by atoms with Crippen molar-refractivity contribution in [2.24, 2.45) is 11.3 Å². The number of carbonyl (C=O) groups is 1. The average molecular weight is 380 g/mol. The molecule has 154 valence electrons. The highest BCUT2D eigenvalue weighted by molar-refractivity contribution is 5.79. The summed E-state index contributed by atoms with van der Waals surface area (Å²) < 4.78 is 5.45. The number of ether oxygens (including phenoxy) is 1. The highest BCUT2D eigenvalue weighted by Crippen LogP contribution is 2.40. The molecule has 2 atom stereocenters. The molecule has 3 saturated heterocycles. The third-order valence-electron chi connectivity index (χ3n) is 7.42. The van der Waals surface area contributed by atoms with Crippen molar-refractivity contribution in [2.45, 2.75) is 51.0 Å². The normalized spacial score (nSPS) is 34.4. The summed E-state index contributed by atoms with van der Waals surface area (Å²) in [5, 5.41) is 10.9. The minimum atomic E-state index is -0.267. The van der Waals surface area contributed by atoms with Gasteiger partial charge in [0.2, 0.25) is 5.91 Å². The number of rotatable bonds is 4. The molecule has 3 heterocycles. The van der Waals surface area contributed by atoms with Crippen LogP contribution < -0.4 is 0 Å². The van der Waals surface area contributed by atoms with Crippen LogP contribution in [0.5, 0.6) is 0 Å². The molecule has 0 bridgehead atoms. The van der Waals surface area contributed by atoms with Gasteiger partial charge in [-0.1, -0.05) is 12.8 Å². The standard InChI is InChI=1S/C21H37N3O3/c25-19-6-9-23(11-10-22-12-14-27-15-13-22)16-21(19)7-3-8-24(17-21)20(26)18-4-1-2-5-18/h18-19,25H,1-17H2/t19-,21-/m1/s1. The van der Waals surface area contributed by atoms with Crippen LogP contribution in [0.1, 0.15) is 44.9 Å². The second kappa shape index (κ2) is 8.76. The third-order valence-corrected chi connectivity index (χ3v) is 7.42. The number of nitrogens with zero attached hydrogens (tertiary/aromatic N) is 3. The topological polar surface area (TPSA) is 56.3 Å². The van der Waals surface area contributed by atoms with E-state index in [9.17, 15) is 9.90 Å². The number of carbonyl (C=O) groups excluding carboxylic acids is 1. The Balaban J connectivity index is 1.35. The number of piperidine rings is 2. The molecular weight excluding hydrogens is 342 g/mol. The molecule has 1 amide bonds. The average Bonchev–Trinajstić information content (AvgIpc) is 3.24. The first-order chi connectivity index (χ1) is 13.2. The van der Waals surface area contributed by atoms with Gasteiger partial charge in [0.05, 0.1) is 19.3 Å². The van der Waals surface area contributed by atoms with Crippen LogP contribution >= 0.6 is 0 Å². The van der Waals surface area contributed by atoms with Crippen molar-refractivity contribution in [3.63, 3.8) is 0 Å². The lowest BCUT2D eigenvalue weighted by Crippen LogP contribution is -2.60. The van der Waals surface area contributed by atoms with Gasteiger partial charge in [-0.25, -0.2) is 0 Å². The Morgan fingerprint density at radius 2 is 1.67 bits per heavy atom. The van der Waals surface area contributed by atoms with Gasteiger partial charge in [0.15, 0.2) is 0 Å². The van der Waals surface area contributed by atoms with E-state index in [0.29, 0.717) is 5.91 Å². The predicted octanol–water partition coefficient (Wildman–Crippen LogP) is 1.18. The molecule has 0 aromatic heterocycles. The van der Waals surface area contributed by atoms with E-state index < -0.39 is 0 Å². The predicted molar refractivity (Wildman–Crippen MR) is 105 cm³/mol. The second-order valence-corrected chi connectivity index (χ2v) is 9.24. The van der Waals surface area contributed by atoms with Gasteiger partial charge in [-0.15, -0.1) is 0 Å². The van der Waals surface area contributed by atoms with Crippen LogP contribution in [-0.4, -0.2) is 97.4 Å². The fraction of sp³-hybridized carbons (Fsp3) is 0.952. The van der Waals surface area contributed by atoms with Gasteiger partial charge < -0.3 is 19.6 Å². The van der Waals surface area contributed by atoms with Crippen LogP contribution in [0.2, 0.25) is 0 Å². The van der Waals surface area contributed by atoms with Crippen LogP contribution in [0.15, 0.2) is 0 Å². The zero-order valence-corrected chi connectivity index (χ0v) is 16.8. The molecule has 6 heteroatoms. The number of aliphatic hydroxyl groups excluding tert-OH is 1. The first-order valence-electron chi connectivity index (χ1n) is 11.2. The number of hydrogen-bond acceptors (Lipinski definition) is 5. The minimum absolute atomic E-state index is 0.115. The molecule has 6 nitrogen and oxygen atoms in total. The van der Waals surface area contributed by atoms with E-state index in [2.05, 4.69) is 14.7 Å². The Hall–Kier alpha value is -0.690. The van der Waals surface area contributed by atoms with Crippen LogP contribution in [0.4, 0.5) is 0 Å². The Kier molecular flexibility index (Phi) is 6.37. The summed E-state index contributed by atoms with van der Waals surface area (Å²) in [6.07, 6.45) is 7.20. The molecule has 27 heavy (non-hydrogen) atoms. The lowest BCUT2D eigenvalue weighted by atomic mass is 9.71. The van der Waals surface area contributed by atoms with Crippen molar-refractivity contribution in [1.29, 1.82) is 0 Å². The Morgan fingerprint density at radius 3 is 2.44 bits per heavy atom. The van der Waals surface area contributed by atoms with Gasteiger partial charge >= 0.3 is 0 Å². The first kappa shape index (κ1) is 19.6. The number of aliphatic hydroxyl groups is 1. The highest BCUT2D eigenvalue weighted by Gasteiger charge is 2.46. The maximum atomic E-state index is 13.0. The van der Waals surface area contributed by atoms with Gasteiger partial charge in [0.1, 0.15) is 0 Å². The van der Waals surface area contributed by atoms with Gasteiger partial charge in [0, 0.05) is 63.7 Å². The first-order valence-corrected chi connectivity index (χ1v) is 11.2. The number of amides is 1. The molecule has 1 spiro atoms. The van der Waals surface area contributed by atoms with Crippen LogP contribution in [0.25, 0.3) is 0 Å². The van der Waals surface area contributed by atoms with Gasteiger partial charge in [-0.3, -0.25) is 9.69 Å². The van der Waals surface area contributed by atoms with Gasteiger partial charge in [-0.05, 0) is 32.1 Å². The lowest BCUT2D eigenvalue weighted by Gasteiger charge is -2.51. The monoisotopic (exact) mass is 379 g/mol. The molecule has 0 aromatic rings. The molecule has 1 N–H and O–H groups in total. The van der Waals surface area contributed by atoms with E-state index >= 15 is 0 Å². The van der Waals surface area contributed by atoms with Crippen molar-refractivity contribution in [3.8, 4) is 0 Å². The molecule has 3 aliphatic heterocycles. The fourth-order valence-corrected chi connectivity index (χ4v) is 5.72. The maximum Gasteiger partial charge on any atom is 0.225 e. The molecule has 0 aromatic carbocycles. The van der Waals surface area contributed by atoms with E-state index in [-0.39, 0.29) is 17.4 Å². The van der Waals surface area contributed by atoms with E-state index in [1.807, 2.05) is 0 Å². The van der Waals surface area contributed by atoms with Crippen molar-refractivity contribution < 1.29 is 14.6 Å². The number of likely N-dealkylation sites (tertiary alicyclic amines) is 2. The Labute approximate surface area is 163 Å². The minimum Gasteiger partial charge on any atom is -0.392 e. The van der Waals surface area contributed by atoms with Crippen LogP contribution in [-0.2, 0) is 9.53 Å². The Bertz CT molecular complexity index is 505. The second-order valence-electron chi connectivity index (χ2n) is 9.24. The largest absolute Gasteiger partial charge is 0.392 e. The van der Waals surface area contributed by atoms with E-state index in [0.717, 1.165) is 97.7 Å². The molecule has 4 aliphatic rings. The Morgan fingerprint density at radius 1 is 0.926 bits per heavy atom. The van der Waals surface area contributed by atoms with E-state index in [1.165, 1.54) is 12.8 Å². The smallest absolute Gasteiger partial charge is 0.225 e. The van der Waals surface area contributed by atoms with Crippen molar-refractivity contribution in [1.82, 2.24) is 14.7 Å². The number of hydrogen-bond donors (Lipinski definition) is 1. The summed E-state index contributed by atoms with van der Waals surface area (Å²) in [6, 6.07) is 0. The molecule has 1 saturated carbocycles. The van der Waals surface area contributed by atoms with Crippen LogP contribution in [0, 0.1) is 11.3 Å².